The van der Waals surface area contributed by atoms with Crippen molar-refractivity contribution < 1.29 is 4.39 Å². The van der Waals surface area contributed by atoms with E-state index in [1.54, 1.807) is 12.1 Å². The largest absolute Gasteiger partial charge is 0.311 e. The highest BCUT2D eigenvalue weighted by Gasteiger charge is 2.22. The van der Waals surface area contributed by atoms with Gasteiger partial charge in [0, 0.05) is 29.7 Å². The quantitative estimate of drug-likeness (QED) is 0.885. The van der Waals surface area contributed by atoms with Gasteiger partial charge >= 0.3 is 0 Å². The monoisotopic (exact) mass is 270 g/mol. The van der Waals surface area contributed by atoms with Gasteiger partial charge in [-0.15, -0.1) is 0 Å². The van der Waals surface area contributed by atoms with Crippen LogP contribution in [0.4, 0.5) is 4.39 Å². The van der Waals surface area contributed by atoms with Gasteiger partial charge in [-0.1, -0.05) is 24.6 Å². The number of hydrogen-bond donors (Lipinski definition) is 1. The van der Waals surface area contributed by atoms with Crippen molar-refractivity contribution in [1.82, 2.24) is 10.2 Å². The number of benzene rings is 1. The van der Waals surface area contributed by atoms with Gasteiger partial charge in [0.15, 0.2) is 0 Å². The van der Waals surface area contributed by atoms with Gasteiger partial charge in [-0.25, -0.2) is 4.39 Å². The van der Waals surface area contributed by atoms with Gasteiger partial charge in [0.1, 0.15) is 5.82 Å². The van der Waals surface area contributed by atoms with Crippen molar-refractivity contribution in [2.75, 3.05) is 19.6 Å². The predicted molar refractivity (Wildman–Crippen MR) is 73.4 cm³/mol. The Morgan fingerprint density at radius 3 is 3.06 bits per heavy atom. The molecule has 1 fully saturated rings. The Kier molecular flexibility index (Phi) is 4.98. The third kappa shape index (κ3) is 3.44. The first-order chi connectivity index (χ1) is 8.70. The van der Waals surface area contributed by atoms with E-state index >= 15 is 0 Å². The summed E-state index contributed by atoms with van der Waals surface area (Å²) in [5.41, 5.74) is 0.681. The molecule has 4 heteroatoms. The highest BCUT2D eigenvalue weighted by Crippen LogP contribution is 2.17. The molecule has 100 valence electrons. The van der Waals surface area contributed by atoms with Crippen molar-refractivity contribution in [2.24, 2.45) is 0 Å². The summed E-state index contributed by atoms with van der Waals surface area (Å²) in [5.74, 6) is -0.228. The Labute approximate surface area is 113 Å². The molecule has 0 amide bonds. The smallest absolute Gasteiger partial charge is 0.129 e. The first-order valence-corrected chi connectivity index (χ1v) is 6.97. The molecule has 1 heterocycles. The van der Waals surface area contributed by atoms with Gasteiger partial charge in [0.25, 0.3) is 0 Å². The lowest BCUT2D eigenvalue weighted by molar-refractivity contribution is 0.259. The van der Waals surface area contributed by atoms with E-state index in [9.17, 15) is 4.39 Å². The fourth-order valence-corrected chi connectivity index (χ4v) is 2.74. The molecule has 1 aliphatic heterocycles. The maximum Gasteiger partial charge on any atom is 0.129 e. The van der Waals surface area contributed by atoms with Crippen LogP contribution in [0.15, 0.2) is 18.2 Å². The number of rotatable bonds is 5. The molecule has 1 aromatic carbocycles. The summed E-state index contributed by atoms with van der Waals surface area (Å²) in [7, 11) is 0. The van der Waals surface area contributed by atoms with Crippen molar-refractivity contribution in [1.29, 1.82) is 0 Å². The lowest BCUT2D eigenvalue weighted by Gasteiger charge is -2.23. The lowest BCUT2D eigenvalue weighted by atomic mass is 10.2. The van der Waals surface area contributed by atoms with Gasteiger partial charge in [-0.3, -0.25) is 4.90 Å². The van der Waals surface area contributed by atoms with Crippen molar-refractivity contribution >= 4 is 11.6 Å². The first kappa shape index (κ1) is 13.8. The molecule has 0 bridgehead atoms. The maximum atomic E-state index is 13.6. The molecule has 0 saturated carbocycles. The van der Waals surface area contributed by atoms with Crippen molar-refractivity contribution in [2.45, 2.75) is 32.4 Å². The van der Waals surface area contributed by atoms with Crippen LogP contribution in [0.3, 0.4) is 0 Å². The summed E-state index contributed by atoms with van der Waals surface area (Å²) in [4.78, 5) is 2.48. The van der Waals surface area contributed by atoms with Gasteiger partial charge in [0.05, 0.1) is 0 Å². The van der Waals surface area contributed by atoms with Crippen LogP contribution in [0.25, 0.3) is 0 Å². The third-order valence-corrected chi connectivity index (χ3v) is 3.85. The minimum atomic E-state index is -0.228. The standard InChI is InChI=1S/C14H20ClFN2/c1-2-18-7-3-4-13(18)10-17-9-11-5-6-12(15)8-14(11)16/h5-6,8,13,17H,2-4,7,9-10H2,1H3. The van der Waals surface area contributed by atoms with Crippen LogP contribution in [-0.4, -0.2) is 30.6 Å². The molecule has 2 rings (SSSR count). The van der Waals surface area contributed by atoms with Crippen molar-refractivity contribution in [3.05, 3.63) is 34.6 Å². The molecular formula is C14H20ClFN2. The molecule has 1 N–H and O–H groups in total. The van der Waals surface area contributed by atoms with Crippen LogP contribution in [0.1, 0.15) is 25.3 Å². The second kappa shape index (κ2) is 6.50. The molecular weight excluding hydrogens is 251 g/mol. The molecule has 2 nitrogen and oxygen atoms in total. The maximum absolute atomic E-state index is 13.6. The third-order valence-electron chi connectivity index (χ3n) is 3.62. The lowest BCUT2D eigenvalue weighted by Crippen LogP contribution is -2.37. The molecule has 1 saturated heterocycles. The van der Waals surface area contributed by atoms with E-state index < -0.39 is 0 Å². The molecule has 0 radical (unpaired) electrons. The predicted octanol–water partition coefficient (Wildman–Crippen LogP) is 3.05. The Balaban J connectivity index is 1.81. The molecule has 1 unspecified atom stereocenters. The van der Waals surface area contributed by atoms with E-state index in [0.717, 1.165) is 13.1 Å². The fraction of sp³-hybridized carbons (Fsp3) is 0.571. The molecule has 0 aromatic heterocycles. The number of halogens is 2. The van der Waals surface area contributed by atoms with E-state index in [1.165, 1.54) is 25.5 Å². The van der Waals surface area contributed by atoms with E-state index in [-0.39, 0.29) is 5.82 Å². The van der Waals surface area contributed by atoms with Crippen LogP contribution in [0.5, 0.6) is 0 Å². The minimum Gasteiger partial charge on any atom is -0.311 e. The van der Waals surface area contributed by atoms with Crippen LogP contribution >= 0.6 is 11.6 Å². The van der Waals surface area contributed by atoms with Crippen molar-refractivity contribution in [3.8, 4) is 0 Å². The van der Waals surface area contributed by atoms with Crippen LogP contribution < -0.4 is 5.32 Å². The average Bonchev–Trinajstić information content (AvgIpc) is 2.79. The van der Waals surface area contributed by atoms with E-state index in [2.05, 4.69) is 17.1 Å². The van der Waals surface area contributed by atoms with Crippen LogP contribution in [0.2, 0.25) is 5.02 Å². The number of nitrogens with one attached hydrogen (secondary N) is 1. The van der Waals surface area contributed by atoms with E-state index in [0.29, 0.717) is 23.2 Å². The first-order valence-electron chi connectivity index (χ1n) is 6.59. The topological polar surface area (TPSA) is 15.3 Å². The highest BCUT2D eigenvalue weighted by atomic mass is 35.5. The molecule has 1 aromatic rings. The zero-order chi connectivity index (χ0) is 13.0. The Morgan fingerprint density at radius 2 is 2.33 bits per heavy atom. The summed E-state index contributed by atoms with van der Waals surface area (Å²) >= 11 is 5.73. The zero-order valence-electron chi connectivity index (χ0n) is 10.8. The zero-order valence-corrected chi connectivity index (χ0v) is 11.5. The van der Waals surface area contributed by atoms with Crippen LogP contribution in [-0.2, 0) is 6.54 Å². The van der Waals surface area contributed by atoms with Gasteiger partial charge in [-0.2, -0.15) is 0 Å². The molecule has 1 aliphatic rings. The van der Waals surface area contributed by atoms with Crippen molar-refractivity contribution in [3.63, 3.8) is 0 Å². The normalized spacial score (nSPS) is 20.5. The molecule has 18 heavy (non-hydrogen) atoms. The van der Waals surface area contributed by atoms with E-state index in [1.807, 2.05) is 0 Å². The summed E-state index contributed by atoms with van der Waals surface area (Å²) in [6.45, 7) is 5.98. The summed E-state index contributed by atoms with van der Waals surface area (Å²) in [5, 5.41) is 3.79. The number of likely N-dealkylation sites (tertiary alicyclic amines) is 1. The molecule has 0 spiro atoms. The number of likely N-dealkylation sites (N-methyl/N-ethyl adjacent to an activating group) is 1. The van der Waals surface area contributed by atoms with Crippen LogP contribution in [0, 0.1) is 5.82 Å². The summed E-state index contributed by atoms with van der Waals surface area (Å²) < 4.78 is 13.6. The highest BCUT2D eigenvalue weighted by molar-refractivity contribution is 6.30. The number of hydrogen-bond acceptors (Lipinski definition) is 2. The Bertz CT molecular complexity index is 397. The summed E-state index contributed by atoms with van der Waals surface area (Å²) in [6, 6.07) is 5.45. The molecule has 1 atom stereocenters. The SMILES string of the molecule is CCN1CCCC1CNCc1ccc(Cl)cc1F. The summed E-state index contributed by atoms with van der Waals surface area (Å²) in [6.07, 6.45) is 2.51. The Hall–Kier alpha value is -0.640. The Morgan fingerprint density at radius 1 is 1.50 bits per heavy atom. The number of nitrogens with zero attached hydrogens (tertiary/aromatic N) is 1. The van der Waals surface area contributed by atoms with Gasteiger partial charge < -0.3 is 5.32 Å². The fourth-order valence-electron chi connectivity index (χ4n) is 2.58. The van der Waals surface area contributed by atoms with Gasteiger partial charge in [-0.05, 0) is 38.1 Å². The minimum absolute atomic E-state index is 0.228. The molecule has 0 aliphatic carbocycles. The van der Waals surface area contributed by atoms with Gasteiger partial charge in [0.2, 0.25) is 0 Å². The van der Waals surface area contributed by atoms with E-state index in [4.69, 9.17) is 11.6 Å². The average molecular weight is 271 g/mol. The second-order valence-electron chi connectivity index (χ2n) is 4.79. The second-order valence-corrected chi connectivity index (χ2v) is 5.23.